The second-order valence-corrected chi connectivity index (χ2v) is 15.3. The Bertz CT molecular complexity index is 2770. The number of para-hydroxylation sites is 2. The molecule has 0 aliphatic heterocycles. The van der Waals surface area contributed by atoms with Gasteiger partial charge in [-0.15, -0.1) is 0 Å². The summed E-state index contributed by atoms with van der Waals surface area (Å²) in [7, 11) is 1.68. The first-order chi connectivity index (χ1) is 30.2. The lowest BCUT2D eigenvalue weighted by Gasteiger charge is -2.26. The molecule has 0 amide bonds. The molecule has 0 saturated carbocycles. The Kier molecular flexibility index (Phi) is 12.0. The normalized spacial score (nSPS) is 11.0. The molecule has 0 bridgehead atoms. The average molecular weight is 815 g/mol. The average Bonchev–Trinajstić information content (AvgIpc) is 3.31. The van der Waals surface area contributed by atoms with Gasteiger partial charge in [0.05, 0.1) is 12.7 Å². The summed E-state index contributed by atoms with van der Waals surface area (Å²) in [6.07, 6.45) is 0. The van der Waals surface area contributed by atoms with E-state index in [0.29, 0.717) is 17.1 Å². The Hall–Kier alpha value is -7.90. The summed E-state index contributed by atoms with van der Waals surface area (Å²) in [5.74, 6) is 0.917. The number of ether oxygens (including phenoxy) is 3. The maximum atomic E-state index is 13.5. The first-order valence-electron chi connectivity index (χ1n) is 20.4. The molecule has 0 radical (unpaired) electrons. The summed E-state index contributed by atoms with van der Waals surface area (Å²) in [4.78, 5) is 29.2. The second-order valence-electron chi connectivity index (χ2n) is 15.3. The van der Waals surface area contributed by atoms with E-state index in [2.05, 4.69) is 103 Å². The van der Waals surface area contributed by atoms with E-state index in [1.165, 1.54) is 6.92 Å². The van der Waals surface area contributed by atoms with Gasteiger partial charge in [0.15, 0.2) is 0 Å². The van der Waals surface area contributed by atoms with Crippen LogP contribution < -0.4 is 24.0 Å². The van der Waals surface area contributed by atoms with E-state index < -0.39 is 5.97 Å². The van der Waals surface area contributed by atoms with Crippen molar-refractivity contribution in [1.29, 1.82) is 0 Å². The molecule has 0 aromatic heterocycles. The third kappa shape index (κ3) is 9.13. The number of methoxy groups -OCH3 is 1. The van der Waals surface area contributed by atoms with Gasteiger partial charge in [0, 0.05) is 58.6 Å². The molecule has 62 heavy (non-hydrogen) atoms. The molecule has 0 spiro atoms. The molecule has 0 atom stereocenters. The highest BCUT2D eigenvalue weighted by Gasteiger charge is 2.24. The minimum absolute atomic E-state index is 0.359. The second kappa shape index (κ2) is 18.2. The van der Waals surface area contributed by atoms with Crippen LogP contribution in [0.5, 0.6) is 17.2 Å². The Morgan fingerprint density at radius 2 is 0.839 bits per heavy atom. The van der Waals surface area contributed by atoms with Crippen molar-refractivity contribution >= 4 is 46.1 Å². The van der Waals surface area contributed by atoms with Crippen LogP contribution in [0.15, 0.2) is 206 Å². The predicted octanol–water partition coefficient (Wildman–Crippen LogP) is 13.8. The summed E-state index contributed by atoms with van der Waals surface area (Å²) >= 11 is 0. The molecule has 8 rings (SSSR count). The van der Waals surface area contributed by atoms with Gasteiger partial charge in [-0.1, -0.05) is 111 Å². The summed E-state index contributed by atoms with van der Waals surface area (Å²) in [5, 5.41) is 0. The van der Waals surface area contributed by atoms with Gasteiger partial charge in [-0.3, -0.25) is 4.79 Å². The summed E-state index contributed by atoms with van der Waals surface area (Å²) < 4.78 is 16.7. The van der Waals surface area contributed by atoms with Crippen LogP contribution in [0.4, 0.5) is 34.1 Å². The molecule has 0 fully saturated rings. The zero-order chi connectivity index (χ0) is 43.1. The van der Waals surface area contributed by atoms with E-state index in [-0.39, 0.29) is 11.4 Å². The van der Waals surface area contributed by atoms with Crippen molar-refractivity contribution in [3.8, 4) is 28.4 Å². The largest absolute Gasteiger partial charge is 0.497 e. The molecule has 7 nitrogen and oxygen atoms in total. The third-order valence-corrected chi connectivity index (χ3v) is 10.9. The van der Waals surface area contributed by atoms with Crippen LogP contribution in [0.25, 0.3) is 11.1 Å². The van der Waals surface area contributed by atoms with E-state index in [0.717, 1.165) is 62.1 Å². The van der Waals surface area contributed by atoms with Gasteiger partial charge in [0.1, 0.15) is 17.2 Å². The number of rotatable bonds is 13. The molecule has 0 aliphatic rings. The zero-order valence-corrected chi connectivity index (χ0v) is 35.1. The number of nitrogens with zero attached hydrogens (tertiary/aromatic N) is 2. The van der Waals surface area contributed by atoms with Crippen LogP contribution in [0, 0.1) is 0 Å². The number of esters is 2. The smallest absolute Gasteiger partial charge is 0.343 e. The first kappa shape index (κ1) is 40.9. The van der Waals surface area contributed by atoms with Crippen molar-refractivity contribution < 1.29 is 23.8 Å². The lowest BCUT2D eigenvalue weighted by molar-refractivity contribution is -0.131. The number of carbonyl (C=O) groups excluding carboxylic acids is 2. The Balaban J connectivity index is 1.01. The standard InChI is InChI=1S/C55H46N2O5/c1-39(58)61-51-35-29-44(30-36-51)55(2,3)43-27-21-42(22-28-43)54(59)62-53-20-12-18-50(38-53)57(46-15-9-6-10-16-46)48-33-25-41(26-34-48)40-23-31-47(32-24-40)56(45-13-7-5-8-14-45)49-17-11-19-52(37-49)60-4/h5-38H,1-4H3. The highest BCUT2D eigenvalue weighted by atomic mass is 16.5. The van der Waals surface area contributed by atoms with Gasteiger partial charge in [-0.05, 0) is 119 Å². The molecule has 0 N–H and O–H groups in total. The van der Waals surface area contributed by atoms with Gasteiger partial charge in [-0.2, -0.15) is 0 Å². The van der Waals surface area contributed by atoms with Gasteiger partial charge < -0.3 is 24.0 Å². The summed E-state index contributed by atoms with van der Waals surface area (Å²) in [5.41, 5.74) is 10.2. The highest BCUT2D eigenvalue weighted by molar-refractivity contribution is 5.91. The van der Waals surface area contributed by atoms with Crippen LogP contribution in [-0.4, -0.2) is 19.0 Å². The summed E-state index contributed by atoms with van der Waals surface area (Å²) in [6, 6.07) is 68.1. The quantitative estimate of drug-likeness (QED) is 0.0848. The number of carbonyl (C=O) groups is 2. The molecule has 7 heteroatoms. The highest BCUT2D eigenvalue weighted by Crippen LogP contribution is 2.40. The van der Waals surface area contributed by atoms with Crippen molar-refractivity contribution in [3.05, 3.63) is 223 Å². The van der Waals surface area contributed by atoms with Gasteiger partial charge in [0.2, 0.25) is 0 Å². The van der Waals surface area contributed by atoms with Crippen LogP contribution in [0.3, 0.4) is 0 Å². The molecular formula is C55H46N2O5. The number of anilines is 6. The molecule has 0 aliphatic carbocycles. The van der Waals surface area contributed by atoms with Crippen LogP contribution in [0.2, 0.25) is 0 Å². The van der Waals surface area contributed by atoms with Crippen LogP contribution in [-0.2, 0) is 10.2 Å². The van der Waals surface area contributed by atoms with E-state index >= 15 is 0 Å². The maximum absolute atomic E-state index is 13.5. The van der Waals surface area contributed by atoms with E-state index in [1.807, 2.05) is 97.1 Å². The van der Waals surface area contributed by atoms with Gasteiger partial charge >= 0.3 is 11.9 Å². The Labute approximate surface area is 363 Å². The van der Waals surface area contributed by atoms with Crippen LogP contribution >= 0.6 is 0 Å². The molecule has 306 valence electrons. The fourth-order valence-corrected chi connectivity index (χ4v) is 7.55. The molecule has 8 aromatic carbocycles. The fourth-order valence-electron chi connectivity index (χ4n) is 7.55. The molecule has 0 heterocycles. The van der Waals surface area contributed by atoms with E-state index in [9.17, 15) is 9.59 Å². The summed E-state index contributed by atoms with van der Waals surface area (Å²) in [6.45, 7) is 5.61. The van der Waals surface area contributed by atoms with Crippen molar-refractivity contribution in [2.45, 2.75) is 26.2 Å². The van der Waals surface area contributed by atoms with E-state index in [1.54, 1.807) is 37.4 Å². The number of hydrogen-bond acceptors (Lipinski definition) is 7. The monoisotopic (exact) mass is 814 g/mol. The minimum atomic E-state index is -0.450. The van der Waals surface area contributed by atoms with Gasteiger partial charge in [-0.25, -0.2) is 4.79 Å². The topological polar surface area (TPSA) is 68.3 Å². The Morgan fingerprint density at radius 3 is 1.31 bits per heavy atom. The van der Waals surface area contributed by atoms with Crippen molar-refractivity contribution in [3.63, 3.8) is 0 Å². The van der Waals surface area contributed by atoms with Gasteiger partial charge in [0.25, 0.3) is 0 Å². The minimum Gasteiger partial charge on any atom is -0.497 e. The first-order valence-corrected chi connectivity index (χ1v) is 20.4. The van der Waals surface area contributed by atoms with Crippen LogP contribution in [0.1, 0.15) is 42.3 Å². The lowest BCUT2D eigenvalue weighted by Crippen LogP contribution is -2.19. The predicted molar refractivity (Wildman–Crippen MR) is 249 cm³/mol. The maximum Gasteiger partial charge on any atom is 0.343 e. The van der Waals surface area contributed by atoms with E-state index in [4.69, 9.17) is 14.2 Å². The molecule has 8 aromatic rings. The Morgan fingerprint density at radius 1 is 0.419 bits per heavy atom. The number of hydrogen-bond donors (Lipinski definition) is 0. The fraction of sp³-hybridized carbons (Fsp3) is 0.0909. The molecule has 0 saturated heterocycles. The number of benzene rings is 8. The molecule has 0 unspecified atom stereocenters. The SMILES string of the molecule is COc1cccc(N(c2ccccc2)c2ccc(-c3ccc(N(c4ccccc4)c4cccc(OC(=O)c5ccc(C(C)(C)c6ccc(OC(C)=O)cc6)cc5)c4)cc3)cc2)c1. The third-order valence-electron chi connectivity index (χ3n) is 10.9. The van der Waals surface area contributed by atoms with Crippen molar-refractivity contribution in [2.24, 2.45) is 0 Å². The van der Waals surface area contributed by atoms with Crippen molar-refractivity contribution in [1.82, 2.24) is 0 Å². The molecular weight excluding hydrogens is 769 g/mol. The van der Waals surface area contributed by atoms with Crippen molar-refractivity contribution in [2.75, 3.05) is 16.9 Å². The lowest BCUT2D eigenvalue weighted by atomic mass is 9.78. The zero-order valence-electron chi connectivity index (χ0n) is 35.1.